The summed E-state index contributed by atoms with van der Waals surface area (Å²) in [6.45, 7) is 5.89. The smallest absolute Gasteiger partial charge is 0.358 e. The van der Waals surface area contributed by atoms with Crippen molar-refractivity contribution in [1.82, 2.24) is 15.0 Å². The normalized spacial score (nSPS) is 11.1. The lowest BCUT2D eigenvalue weighted by Gasteiger charge is -2.08. The van der Waals surface area contributed by atoms with Gasteiger partial charge in [0.25, 0.3) is 0 Å². The molecule has 102 valence electrons. The standard InChI is InChI=1S/C11H19N3O4/c1-8(2)6-18-5-4-14-9(7-17-3)10(11(15)16)12-13-14/h8H,4-7H2,1-3H3,(H,15,16). The van der Waals surface area contributed by atoms with Gasteiger partial charge in [0.15, 0.2) is 5.69 Å². The van der Waals surface area contributed by atoms with Gasteiger partial charge in [0.05, 0.1) is 25.5 Å². The fraction of sp³-hybridized carbons (Fsp3) is 0.727. The van der Waals surface area contributed by atoms with E-state index in [0.29, 0.717) is 31.4 Å². The number of aromatic carboxylic acids is 1. The monoisotopic (exact) mass is 257 g/mol. The summed E-state index contributed by atoms with van der Waals surface area (Å²) in [4.78, 5) is 10.9. The zero-order valence-corrected chi connectivity index (χ0v) is 10.9. The molecule has 0 aliphatic heterocycles. The van der Waals surface area contributed by atoms with Crippen molar-refractivity contribution in [1.29, 1.82) is 0 Å². The second-order valence-corrected chi connectivity index (χ2v) is 4.31. The van der Waals surface area contributed by atoms with E-state index in [2.05, 4.69) is 24.2 Å². The minimum atomic E-state index is -1.10. The Hall–Kier alpha value is -1.47. The Morgan fingerprint density at radius 1 is 1.50 bits per heavy atom. The number of carboxylic acid groups (broad SMARTS) is 1. The van der Waals surface area contributed by atoms with Gasteiger partial charge in [-0.2, -0.15) is 0 Å². The van der Waals surface area contributed by atoms with Gasteiger partial charge in [-0.25, -0.2) is 9.48 Å². The lowest BCUT2D eigenvalue weighted by atomic mass is 10.2. The highest BCUT2D eigenvalue weighted by Gasteiger charge is 2.18. The summed E-state index contributed by atoms with van der Waals surface area (Å²) in [6.07, 6.45) is 0. The van der Waals surface area contributed by atoms with Crippen LogP contribution in [0.3, 0.4) is 0 Å². The molecular formula is C11H19N3O4. The van der Waals surface area contributed by atoms with Crippen molar-refractivity contribution in [2.75, 3.05) is 20.3 Å². The fourth-order valence-electron chi connectivity index (χ4n) is 1.43. The van der Waals surface area contributed by atoms with Gasteiger partial charge in [0.1, 0.15) is 0 Å². The quantitative estimate of drug-likeness (QED) is 0.693. The lowest BCUT2D eigenvalue weighted by molar-refractivity contribution is 0.0683. The third kappa shape index (κ3) is 4.08. The summed E-state index contributed by atoms with van der Waals surface area (Å²) in [7, 11) is 1.50. The molecule has 0 aliphatic carbocycles. The van der Waals surface area contributed by atoms with E-state index < -0.39 is 5.97 Å². The summed E-state index contributed by atoms with van der Waals surface area (Å²) in [5.74, 6) is -0.634. The summed E-state index contributed by atoms with van der Waals surface area (Å²) >= 11 is 0. The molecule has 1 aromatic rings. The fourth-order valence-corrected chi connectivity index (χ4v) is 1.43. The van der Waals surface area contributed by atoms with Gasteiger partial charge in [-0.1, -0.05) is 19.1 Å². The summed E-state index contributed by atoms with van der Waals surface area (Å²) in [5.41, 5.74) is 0.388. The molecule has 18 heavy (non-hydrogen) atoms. The number of hydrogen-bond acceptors (Lipinski definition) is 5. The van der Waals surface area contributed by atoms with Crippen LogP contribution < -0.4 is 0 Å². The van der Waals surface area contributed by atoms with E-state index in [4.69, 9.17) is 14.6 Å². The minimum absolute atomic E-state index is 0.0688. The molecule has 1 N–H and O–H groups in total. The van der Waals surface area contributed by atoms with Crippen molar-refractivity contribution >= 4 is 5.97 Å². The average molecular weight is 257 g/mol. The maximum atomic E-state index is 10.9. The van der Waals surface area contributed by atoms with Crippen molar-refractivity contribution in [3.05, 3.63) is 11.4 Å². The second-order valence-electron chi connectivity index (χ2n) is 4.31. The first-order valence-corrected chi connectivity index (χ1v) is 5.78. The number of carboxylic acids is 1. The predicted octanol–water partition coefficient (Wildman–Crippen LogP) is 0.795. The van der Waals surface area contributed by atoms with Crippen molar-refractivity contribution in [2.24, 2.45) is 5.92 Å². The Kier molecular flexibility index (Phi) is 5.73. The van der Waals surface area contributed by atoms with Crippen molar-refractivity contribution in [2.45, 2.75) is 27.0 Å². The Morgan fingerprint density at radius 2 is 2.22 bits per heavy atom. The van der Waals surface area contributed by atoms with Crippen LogP contribution in [-0.2, 0) is 22.6 Å². The van der Waals surface area contributed by atoms with E-state index >= 15 is 0 Å². The van der Waals surface area contributed by atoms with Crippen LogP contribution in [0.2, 0.25) is 0 Å². The Labute approximate surface area is 106 Å². The van der Waals surface area contributed by atoms with E-state index in [1.165, 1.54) is 11.8 Å². The molecule has 0 atom stereocenters. The van der Waals surface area contributed by atoms with E-state index in [1.54, 1.807) is 0 Å². The third-order valence-electron chi connectivity index (χ3n) is 2.22. The summed E-state index contributed by atoms with van der Waals surface area (Å²) in [5, 5.41) is 16.4. The van der Waals surface area contributed by atoms with Gasteiger partial charge in [0, 0.05) is 13.7 Å². The third-order valence-corrected chi connectivity index (χ3v) is 2.22. The molecule has 0 amide bonds. The van der Waals surface area contributed by atoms with E-state index in [1.807, 2.05) is 0 Å². The number of aromatic nitrogens is 3. The number of rotatable bonds is 8. The molecule has 1 aromatic heterocycles. The number of ether oxygens (including phenoxy) is 2. The molecule has 0 unspecified atom stereocenters. The number of carbonyl (C=O) groups is 1. The molecule has 1 heterocycles. The van der Waals surface area contributed by atoms with Crippen LogP contribution in [0.1, 0.15) is 30.0 Å². The molecule has 0 bridgehead atoms. The van der Waals surface area contributed by atoms with Crippen LogP contribution in [0.5, 0.6) is 0 Å². The lowest BCUT2D eigenvalue weighted by Crippen LogP contribution is -2.14. The minimum Gasteiger partial charge on any atom is -0.476 e. The first-order chi connectivity index (χ1) is 8.56. The Balaban J connectivity index is 2.61. The molecule has 0 saturated heterocycles. The molecular weight excluding hydrogens is 238 g/mol. The Morgan fingerprint density at radius 3 is 2.78 bits per heavy atom. The van der Waals surface area contributed by atoms with Crippen molar-refractivity contribution < 1.29 is 19.4 Å². The van der Waals surface area contributed by atoms with Gasteiger partial charge in [-0.3, -0.25) is 0 Å². The maximum Gasteiger partial charge on any atom is 0.358 e. The molecule has 0 aliphatic rings. The zero-order chi connectivity index (χ0) is 13.5. The van der Waals surface area contributed by atoms with Gasteiger partial charge in [-0.05, 0) is 5.92 Å². The number of hydrogen-bond donors (Lipinski definition) is 1. The zero-order valence-electron chi connectivity index (χ0n) is 10.9. The molecule has 7 nitrogen and oxygen atoms in total. The van der Waals surface area contributed by atoms with E-state index in [9.17, 15) is 4.79 Å². The summed E-state index contributed by atoms with van der Waals surface area (Å²) in [6, 6.07) is 0. The maximum absolute atomic E-state index is 10.9. The van der Waals surface area contributed by atoms with Gasteiger partial charge < -0.3 is 14.6 Å². The van der Waals surface area contributed by atoms with Crippen LogP contribution in [-0.4, -0.2) is 46.4 Å². The van der Waals surface area contributed by atoms with Crippen LogP contribution in [0.4, 0.5) is 0 Å². The van der Waals surface area contributed by atoms with E-state index in [0.717, 1.165) is 0 Å². The SMILES string of the molecule is COCc1c(C(=O)O)nnn1CCOCC(C)C. The largest absolute Gasteiger partial charge is 0.476 e. The molecule has 0 radical (unpaired) electrons. The predicted molar refractivity (Wildman–Crippen MR) is 63.4 cm³/mol. The van der Waals surface area contributed by atoms with Crippen molar-refractivity contribution in [3.63, 3.8) is 0 Å². The van der Waals surface area contributed by atoms with Crippen LogP contribution in [0, 0.1) is 5.92 Å². The Bertz CT molecular complexity index is 390. The number of nitrogens with zero attached hydrogens (tertiary/aromatic N) is 3. The molecule has 0 fully saturated rings. The molecule has 1 rings (SSSR count). The van der Waals surface area contributed by atoms with Crippen LogP contribution in [0.15, 0.2) is 0 Å². The molecule has 0 spiro atoms. The highest BCUT2D eigenvalue weighted by Crippen LogP contribution is 2.07. The molecule has 0 aromatic carbocycles. The van der Waals surface area contributed by atoms with Crippen LogP contribution in [0.25, 0.3) is 0 Å². The topological polar surface area (TPSA) is 86.5 Å². The van der Waals surface area contributed by atoms with Gasteiger partial charge in [0.2, 0.25) is 0 Å². The first kappa shape index (κ1) is 14.6. The number of methoxy groups -OCH3 is 1. The highest BCUT2D eigenvalue weighted by molar-refractivity contribution is 5.86. The van der Waals surface area contributed by atoms with Gasteiger partial charge in [-0.15, -0.1) is 5.10 Å². The summed E-state index contributed by atoms with van der Waals surface area (Å²) < 4.78 is 11.9. The van der Waals surface area contributed by atoms with Crippen LogP contribution >= 0.6 is 0 Å². The second kappa shape index (κ2) is 7.07. The molecule has 7 heteroatoms. The highest BCUT2D eigenvalue weighted by atomic mass is 16.5. The average Bonchev–Trinajstić information content (AvgIpc) is 2.68. The van der Waals surface area contributed by atoms with Crippen molar-refractivity contribution in [3.8, 4) is 0 Å². The van der Waals surface area contributed by atoms with E-state index in [-0.39, 0.29) is 12.3 Å². The van der Waals surface area contributed by atoms with Gasteiger partial charge >= 0.3 is 5.97 Å². The molecule has 0 saturated carbocycles. The first-order valence-electron chi connectivity index (χ1n) is 5.78.